The summed E-state index contributed by atoms with van der Waals surface area (Å²) in [6.45, 7) is 1.74. The molecule has 1 aromatic carbocycles. The third-order valence-electron chi connectivity index (χ3n) is 2.05. The van der Waals surface area contributed by atoms with E-state index in [0.29, 0.717) is 16.8 Å². The first-order valence-electron chi connectivity index (χ1n) is 4.30. The average Bonchev–Trinajstić information content (AvgIpc) is 2.23. The normalized spacial score (nSPS) is 10.1. The van der Waals surface area contributed by atoms with Crippen molar-refractivity contribution in [2.75, 3.05) is 0 Å². The molecule has 0 saturated carbocycles. The highest BCUT2D eigenvalue weighted by molar-refractivity contribution is 5.60. The maximum Gasteiger partial charge on any atom is 0.135 e. The molecular weight excluding hydrogens is 179 g/mol. The van der Waals surface area contributed by atoms with Gasteiger partial charge in [0.05, 0.1) is 5.69 Å². The molecule has 0 saturated heterocycles. The van der Waals surface area contributed by atoms with Crippen molar-refractivity contribution in [1.82, 2.24) is 9.97 Å². The second-order valence-corrected chi connectivity index (χ2v) is 3.03. The summed E-state index contributed by atoms with van der Waals surface area (Å²) in [7, 11) is 0. The Morgan fingerprint density at radius 3 is 2.79 bits per heavy atom. The van der Waals surface area contributed by atoms with Gasteiger partial charge >= 0.3 is 0 Å². The minimum Gasteiger partial charge on any atom is -0.245 e. The van der Waals surface area contributed by atoms with Gasteiger partial charge in [-0.15, -0.1) is 0 Å². The van der Waals surface area contributed by atoms with Crippen molar-refractivity contribution in [2.45, 2.75) is 6.92 Å². The van der Waals surface area contributed by atoms with Gasteiger partial charge < -0.3 is 0 Å². The summed E-state index contributed by atoms with van der Waals surface area (Å²) in [5.74, 6) is -0.216. The molecule has 2 nitrogen and oxygen atoms in total. The fourth-order valence-electron chi connectivity index (χ4n) is 1.30. The minimum absolute atomic E-state index is 0.216. The Morgan fingerprint density at radius 1 is 1.21 bits per heavy atom. The van der Waals surface area contributed by atoms with Gasteiger partial charge in [-0.05, 0) is 24.6 Å². The Kier molecular flexibility index (Phi) is 2.23. The number of benzene rings is 1. The number of hydrogen-bond acceptors (Lipinski definition) is 2. The lowest BCUT2D eigenvalue weighted by Crippen LogP contribution is -1.90. The molecule has 3 heteroatoms. The summed E-state index contributed by atoms with van der Waals surface area (Å²) in [6, 6.07) is 6.96. The highest BCUT2D eigenvalue weighted by atomic mass is 19.1. The first-order valence-corrected chi connectivity index (χ1v) is 4.30. The molecule has 0 radical (unpaired) electrons. The number of aromatic nitrogens is 2. The van der Waals surface area contributed by atoms with E-state index in [2.05, 4.69) is 9.97 Å². The number of aryl methyl sites for hydroxylation is 1. The van der Waals surface area contributed by atoms with E-state index in [1.807, 2.05) is 6.07 Å². The van der Waals surface area contributed by atoms with Crippen molar-refractivity contribution in [3.8, 4) is 11.3 Å². The molecule has 2 aromatic rings. The average molecular weight is 188 g/mol. The number of halogens is 1. The molecule has 14 heavy (non-hydrogen) atoms. The molecule has 0 aliphatic heterocycles. The van der Waals surface area contributed by atoms with E-state index in [0.717, 1.165) is 0 Å². The molecule has 0 aliphatic carbocycles. The Balaban J connectivity index is 2.58. The van der Waals surface area contributed by atoms with Gasteiger partial charge in [0, 0.05) is 11.8 Å². The molecule has 0 unspecified atom stereocenters. The van der Waals surface area contributed by atoms with E-state index in [1.54, 1.807) is 31.3 Å². The lowest BCUT2D eigenvalue weighted by atomic mass is 10.1. The van der Waals surface area contributed by atoms with E-state index < -0.39 is 0 Å². The van der Waals surface area contributed by atoms with Crippen LogP contribution in [0.5, 0.6) is 0 Å². The summed E-state index contributed by atoms with van der Waals surface area (Å²) in [5.41, 5.74) is 1.76. The van der Waals surface area contributed by atoms with Gasteiger partial charge in [0.15, 0.2) is 0 Å². The number of hydrogen-bond donors (Lipinski definition) is 0. The van der Waals surface area contributed by atoms with Crippen LogP contribution in [0, 0.1) is 12.7 Å². The SMILES string of the molecule is Cc1cccc(-c2ccncn2)c1F. The Morgan fingerprint density at radius 2 is 2.07 bits per heavy atom. The summed E-state index contributed by atoms with van der Waals surface area (Å²) < 4.78 is 13.6. The first kappa shape index (κ1) is 8.81. The molecule has 70 valence electrons. The van der Waals surface area contributed by atoms with E-state index in [9.17, 15) is 4.39 Å². The third kappa shape index (κ3) is 1.48. The van der Waals surface area contributed by atoms with Crippen LogP contribution < -0.4 is 0 Å². The molecule has 0 bridgehead atoms. The van der Waals surface area contributed by atoms with Crippen molar-refractivity contribution in [3.05, 3.63) is 48.2 Å². The molecule has 1 aromatic heterocycles. The molecule has 0 aliphatic rings. The van der Waals surface area contributed by atoms with E-state index in [1.165, 1.54) is 6.33 Å². The van der Waals surface area contributed by atoms with Crippen molar-refractivity contribution in [3.63, 3.8) is 0 Å². The van der Waals surface area contributed by atoms with Crippen LogP contribution in [0.4, 0.5) is 4.39 Å². The molecule has 0 atom stereocenters. The van der Waals surface area contributed by atoms with Crippen LogP contribution in [0.1, 0.15) is 5.56 Å². The predicted molar refractivity (Wildman–Crippen MR) is 52.2 cm³/mol. The lowest BCUT2D eigenvalue weighted by Gasteiger charge is -2.03. The number of rotatable bonds is 1. The third-order valence-corrected chi connectivity index (χ3v) is 2.05. The molecule has 0 fully saturated rings. The van der Waals surface area contributed by atoms with Gasteiger partial charge in [-0.25, -0.2) is 14.4 Å². The molecule has 1 heterocycles. The Bertz CT molecular complexity index is 440. The highest BCUT2D eigenvalue weighted by Crippen LogP contribution is 2.21. The molecule has 0 amide bonds. The van der Waals surface area contributed by atoms with Crippen LogP contribution in [-0.4, -0.2) is 9.97 Å². The highest BCUT2D eigenvalue weighted by Gasteiger charge is 2.06. The van der Waals surface area contributed by atoms with E-state index in [-0.39, 0.29) is 5.82 Å². The number of nitrogens with zero attached hydrogens (tertiary/aromatic N) is 2. The van der Waals surface area contributed by atoms with Crippen LogP contribution >= 0.6 is 0 Å². The van der Waals surface area contributed by atoms with Crippen molar-refractivity contribution in [1.29, 1.82) is 0 Å². The second kappa shape index (κ2) is 3.54. The summed E-state index contributed by atoms with van der Waals surface area (Å²) in [6.07, 6.45) is 3.02. The Labute approximate surface area is 81.5 Å². The van der Waals surface area contributed by atoms with E-state index >= 15 is 0 Å². The van der Waals surface area contributed by atoms with Gasteiger partial charge in [0.25, 0.3) is 0 Å². The first-order chi connectivity index (χ1) is 6.79. The summed E-state index contributed by atoms with van der Waals surface area (Å²) >= 11 is 0. The van der Waals surface area contributed by atoms with Crippen molar-refractivity contribution in [2.24, 2.45) is 0 Å². The minimum atomic E-state index is -0.216. The molecule has 0 spiro atoms. The zero-order valence-electron chi connectivity index (χ0n) is 7.74. The molecular formula is C11H9FN2. The van der Waals surface area contributed by atoms with Crippen LogP contribution in [0.15, 0.2) is 36.8 Å². The smallest absolute Gasteiger partial charge is 0.135 e. The molecule has 2 rings (SSSR count). The second-order valence-electron chi connectivity index (χ2n) is 3.03. The van der Waals surface area contributed by atoms with Crippen LogP contribution in [0.25, 0.3) is 11.3 Å². The van der Waals surface area contributed by atoms with Gasteiger partial charge in [-0.1, -0.05) is 12.1 Å². The van der Waals surface area contributed by atoms with Crippen LogP contribution in [0.3, 0.4) is 0 Å². The summed E-state index contributed by atoms with van der Waals surface area (Å²) in [5, 5.41) is 0. The zero-order valence-corrected chi connectivity index (χ0v) is 7.74. The largest absolute Gasteiger partial charge is 0.245 e. The van der Waals surface area contributed by atoms with Crippen molar-refractivity contribution >= 4 is 0 Å². The van der Waals surface area contributed by atoms with Gasteiger partial charge in [-0.3, -0.25) is 0 Å². The Hall–Kier alpha value is -1.77. The summed E-state index contributed by atoms with van der Waals surface area (Å²) in [4.78, 5) is 7.79. The monoisotopic (exact) mass is 188 g/mol. The van der Waals surface area contributed by atoms with E-state index in [4.69, 9.17) is 0 Å². The zero-order chi connectivity index (χ0) is 9.97. The fraction of sp³-hybridized carbons (Fsp3) is 0.0909. The van der Waals surface area contributed by atoms with Crippen molar-refractivity contribution < 1.29 is 4.39 Å². The van der Waals surface area contributed by atoms with Gasteiger partial charge in [-0.2, -0.15) is 0 Å². The lowest BCUT2D eigenvalue weighted by molar-refractivity contribution is 0.621. The fourth-order valence-corrected chi connectivity index (χ4v) is 1.30. The molecule has 0 N–H and O–H groups in total. The van der Waals surface area contributed by atoms with Crippen LogP contribution in [0.2, 0.25) is 0 Å². The van der Waals surface area contributed by atoms with Gasteiger partial charge in [0.1, 0.15) is 12.1 Å². The topological polar surface area (TPSA) is 25.8 Å². The predicted octanol–water partition coefficient (Wildman–Crippen LogP) is 2.59. The van der Waals surface area contributed by atoms with Crippen LogP contribution in [-0.2, 0) is 0 Å². The maximum atomic E-state index is 13.6. The standard InChI is InChI=1S/C11H9FN2/c1-8-3-2-4-9(11(8)12)10-5-6-13-7-14-10/h2-7H,1H3. The quantitative estimate of drug-likeness (QED) is 0.687. The maximum absolute atomic E-state index is 13.6. The van der Waals surface area contributed by atoms with Gasteiger partial charge in [0.2, 0.25) is 0 Å².